The van der Waals surface area contributed by atoms with Gasteiger partial charge in [-0.15, -0.1) is 0 Å². The van der Waals surface area contributed by atoms with Crippen LogP contribution < -0.4 is 0 Å². The Bertz CT molecular complexity index is 514. The van der Waals surface area contributed by atoms with E-state index in [1.807, 2.05) is 0 Å². The number of aldehydes is 1. The summed E-state index contributed by atoms with van der Waals surface area (Å²) in [6.45, 7) is 5.17. The van der Waals surface area contributed by atoms with Gasteiger partial charge in [-0.2, -0.15) is 0 Å². The van der Waals surface area contributed by atoms with Crippen molar-refractivity contribution in [3.63, 3.8) is 0 Å². The summed E-state index contributed by atoms with van der Waals surface area (Å²) in [6.07, 6.45) is -0.0988. The first-order valence-corrected chi connectivity index (χ1v) is 6.39. The first kappa shape index (κ1) is 16.4. The monoisotopic (exact) mass is 301 g/mol. The molecule has 0 saturated carbocycles. The van der Waals surface area contributed by atoms with Crippen LogP contribution in [0.15, 0.2) is 18.2 Å². The van der Waals surface area contributed by atoms with Gasteiger partial charge in [0.25, 0.3) is 0 Å². The Morgan fingerprint density at radius 1 is 1.45 bits per heavy atom. The Kier molecular flexibility index (Phi) is 5.11. The standard InChI is InChI=1S/C14H17ClFNO3/c1-14(2,3)20-13(19)17(4)12(8-18)10-6-5-9(16)7-11(10)15/h5-8,12H,1-4H3. The highest BCUT2D eigenvalue weighted by Crippen LogP contribution is 2.27. The van der Waals surface area contributed by atoms with E-state index < -0.39 is 23.6 Å². The molecule has 0 N–H and O–H groups in total. The number of carbonyl (C=O) groups is 2. The van der Waals surface area contributed by atoms with Crippen LogP contribution in [-0.4, -0.2) is 29.9 Å². The van der Waals surface area contributed by atoms with Gasteiger partial charge in [0.05, 0.1) is 0 Å². The maximum Gasteiger partial charge on any atom is 0.410 e. The van der Waals surface area contributed by atoms with E-state index in [4.69, 9.17) is 16.3 Å². The maximum absolute atomic E-state index is 13.0. The molecule has 0 aromatic heterocycles. The van der Waals surface area contributed by atoms with E-state index in [0.717, 1.165) is 11.0 Å². The fourth-order valence-corrected chi connectivity index (χ4v) is 1.84. The van der Waals surface area contributed by atoms with Gasteiger partial charge in [-0.3, -0.25) is 4.90 Å². The van der Waals surface area contributed by atoms with E-state index in [0.29, 0.717) is 11.8 Å². The van der Waals surface area contributed by atoms with Gasteiger partial charge in [0, 0.05) is 17.6 Å². The molecular formula is C14H17ClFNO3. The van der Waals surface area contributed by atoms with Gasteiger partial charge in [0.2, 0.25) is 0 Å². The number of carbonyl (C=O) groups excluding carboxylic acids is 2. The van der Waals surface area contributed by atoms with Crippen molar-refractivity contribution in [2.45, 2.75) is 32.4 Å². The quantitative estimate of drug-likeness (QED) is 0.802. The summed E-state index contributed by atoms with van der Waals surface area (Å²) in [5, 5.41) is 0.0810. The Morgan fingerprint density at radius 2 is 2.05 bits per heavy atom. The topological polar surface area (TPSA) is 46.6 Å². The van der Waals surface area contributed by atoms with Crippen molar-refractivity contribution >= 4 is 24.0 Å². The van der Waals surface area contributed by atoms with Crippen molar-refractivity contribution in [1.29, 1.82) is 0 Å². The van der Waals surface area contributed by atoms with Crippen LogP contribution in [0, 0.1) is 5.82 Å². The number of halogens is 2. The summed E-state index contributed by atoms with van der Waals surface area (Å²) in [6, 6.07) is 2.71. The van der Waals surface area contributed by atoms with E-state index in [1.54, 1.807) is 20.8 Å². The molecule has 1 amide bonds. The third-order valence-electron chi connectivity index (χ3n) is 2.51. The van der Waals surface area contributed by atoms with Crippen molar-refractivity contribution in [2.75, 3.05) is 7.05 Å². The molecular weight excluding hydrogens is 285 g/mol. The van der Waals surface area contributed by atoms with Crippen LogP contribution in [0.5, 0.6) is 0 Å². The van der Waals surface area contributed by atoms with E-state index in [1.165, 1.54) is 19.2 Å². The lowest BCUT2D eigenvalue weighted by molar-refractivity contribution is -0.112. The van der Waals surface area contributed by atoms with E-state index in [-0.39, 0.29) is 5.02 Å². The number of rotatable bonds is 3. The number of hydrogen-bond acceptors (Lipinski definition) is 3. The molecule has 6 heteroatoms. The highest BCUT2D eigenvalue weighted by Gasteiger charge is 2.27. The molecule has 0 heterocycles. The zero-order chi connectivity index (χ0) is 15.5. The van der Waals surface area contributed by atoms with Crippen LogP contribution in [0.3, 0.4) is 0 Å². The number of hydrogen-bond donors (Lipinski definition) is 0. The van der Waals surface area contributed by atoms with Crippen LogP contribution in [0.4, 0.5) is 9.18 Å². The summed E-state index contributed by atoms with van der Waals surface area (Å²) in [5.74, 6) is -0.511. The lowest BCUT2D eigenvalue weighted by Crippen LogP contribution is -2.37. The van der Waals surface area contributed by atoms with Crippen LogP contribution in [-0.2, 0) is 9.53 Å². The van der Waals surface area contributed by atoms with Gasteiger partial charge >= 0.3 is 6.09 Å². The van der Waals surface area contributed by atoms with E-state index >= 15 is 0 Å². The van der Waals surface area contributed by atoms with Crippen molar-refractivity contribution in [2.24, 2.45) is 0 Å². The molecule has 0 aliphatic carbocycles. The molecule has 0 aliphatic heterocycles. The van der Waals surface area contributed by atoms with Crippen LogP contribution in [0.1, 0.15) is 32.4 Å². The largest absolute Gasteiger partial charge is 0.444 e. The predicted octanol–water partition coefficient (Wildman–Crippen LogP) is 3.59. The Morgan fingerprint density at radius 3 is 2.50 bits per heavy atom. The second kappa shape index (κ2) is 6.22. The molecule has 0 radical (unpaired) electrons. The summed E-state index contributed by atoms with van der Waals surface area (Å²) < 4.78 is 18.2. The molecule has 1 rings (SSSR count). The minimum atomic E-state index is -0.932. The zero-order valence-corrected chi connectivity index (χ0v) is 12.6. The van der Waals surface area contributed by atoms with Crippen molar-refractivity contribution in [3.05, 3.63) is 34.6 Å². The van der Waals surface area contributed by atoms with Gasteiger partial charge in [-0.25, -0.2) is 9.18 Å². The first-order valence-electron chi connectivity index (χ1n) is 6.02. The average Bonchev–Trinajstić information content (AvgIpc) is 2.30. The van der Waals surface area contributed by atoms with Gasteiger partial charge in [-0.1, -0.05) is 17.7 Å². The molecule has 0 aliphatic rings. The van der Waals surface area contributed by atoms with Gasteiger partial charge in [-0.05, 0) is 32.9 Å². The number of amides is 1. The highest BCUT2D eigenvalue weighted by molar-refractivity contribution is 6.31. The molecule has 20 heavy (non-hydrogen) atoms. The van der Waals surface area contributed by atoms with E-state index in [9.17, 15) is 14.0 Å². The molecule has 0 bridgehead atoms. The van der Waals surface area contributed by atoms with Gasteiger partial charge in [0.1, 0.15) is 23.7 Å². The maximum atomic E-state index is 13.0. The second-order valence-corrected chi connectivity index (χ2v) is 5.75. The Hall–Kier alpha value is -1.62. The van der Waals surface area contributed by atoms with E-state index in [2.05, 4.69) is 0 Å². The number of nitrogens with zero attached hydrogens (tertiary/aromatic N) is 1. The predicted molar refractivity (Wildman–Crippen MR) is 74.2 cm³/mol. The minimum Gasteiger partial charge on any atom is -0.444 e. The smallest absolute Gasteiger partial charge is 0.410 e. The summed E-state index contributed by atoms with van der Waals surface area (Å²) in [5.41, 5.74) is -0.331. The Balaban J connectivity index is 3.01. The zero-order valence-electron chi connectivity index (χ0n) is 11.8. The number of ether oxygens (including phenoxy) is 1. The molecule has 0 fully saturated rings. The average molecular weight is 302 g/mol. The van der Waals surface area contributed by atoms with Crippen molar-refractivity contribution in [3.8, 4) is 0 Å². The molecule has 1 atom stereocenters. The lowest BCUT2D eigenvalue weighted by Gasteiger charge is -2.28. The van der Waals surface area contributed by atoms with Crippen molar-refractivity contribution < 1.29 is 18.7 Å². The van der Waals surface area contributed by atoms with Crippen LogP contribution in [0.2, 0.25) is 5.02 Å². The summed E-state index contributed by atoms with van der Waals surface area (Å²) >= 11 is 5.91. The normalized spacial score (nSPS) is 12.7. The minimum absolute atomic E-state index is 0.0810. The second-order valence-electron chi connectivity index (χ2n) is 5.34. The van der Waals surface area contributed by atoms with Crippen LogP contribution >= 0.6 is 11.6 Å². The molecule has 1 aromatic rings. The molecule has 4 nitrogen and oxygen atoms in total. The fraction of sp³-hybridized carbons (Fsp3) is 0.429. The van der Waals surface area contributed by atoms with Gasteiger partial charge in [0.15, 0.2) is 0 Å². The molecule has 110 valence electrons. The molecule has 0 saturated heterocycles. The SMILES string of the molecule is CN(C(=O)OC(C)(C)C)C(C=O)c1ccc(F)cc1Cl. The molecule has 1 unspecified atom stereocenters. The number of benzene rings is 1. The van der Waals surface area contributed by atoms with Gasteiger partial charge < -0.3 is 9.53 Å². The summed E-state index contributed by atoms with van der Waals surface area (Å²) in [7, 11) is 1.42. The first-order chi connectivity index (χ1) is 9.15. The molecule has 0 spiro atoms. The Labute approximate surface area is 122 Å². The molecule has 1 aromatic carbocycles. The lowest BCUT2D eigenvalue weighted by atomic mass is 10.1. The summed E-state index contributed by atoms with van der Waals surface area (Å²) in [4.78, 5) is 24.3. The third-order valence-corrected chi connectivity index (χ3v) is 2.84. The van der Waals surface area contributed by atoms with Crippen molar-refractivity contribution in [1.82, 2.24) is 4.90 Å². The third kappa shape index (κ3) is 4.20. The van der Waals surface area contributed by atoms with Crippen LogP contribution in [0.25, 0.3) is 0 Å². The highest BCUT2D eigenvalue weighted by atomic mass is 35.5. The number of likely N-dealkylation sites (N-methyl/N-ethyl adjacent to an activating group) is 1. The fourth-order valence-electron chi connectivity index (χ4n) is 1.56.